The highest BCUT2D eigenvalue weighted by Crippen LogP contribution is 2.25. The molecule has 0 unspecified atom stereocenters. The van der Waals surface area contributed by atoms with E-state index in [1.807, 2.05) is 6.07 Å². The van der Waals surface area contributed by atoms with Gasteiger partial charge in [-0.2, -0.15) is 0 Å². The maximum absolute atomic E-state index is 10.8. The van der Waals surface area contributed by atoms with Crippen LogP contribution in [-0.4, -0.2) is 13.0 Å². The molecule has 0 bridgehead atoms. The van der Waals surface area contributed by atoms with Gasteiger partial charge in [0.05, 0.1) is 7.11 Å². The summed E-state index contributed by atoms with van der Waals surface area (Å²) >= 11 is 0. The lowest BCUT2D eigenvalue weighted by molar-refractivity contribution is -0.117. The Morgan fingerprint density at radius 2 is 2.12 bits per heavy atom. The Bertz CT molecular complexity index is 372. The number of hydrogen-bond donors (Lipinski definition) is 1. The van der Waals surface area contributed by atoms with Gasteiger partial charge in [0.25, 0.3) is 0 Å². The van der Waals surface area contributed by atoms with Crippen molar-refractivity contribution in [3.8, 4) is 5.75 Å². The largest absolute Gasteiger partial charge is 0.496 e. The quantitative estimate of drug-likeness (QED) is 0.829. The average molecular weight is 221 g/mol. The first-order valence-electron chi connectivity index (χ1n) is 5.49. The van der Waals surface area contributed by atoms with Gasteiger partial charge in [-0.1, -0.05) is 26.0 Å². The van der Waals surface area contributed by atoms with Gasteiger partial charge in [0, 0.05) is 6.42 Å². The van der Waals surface area contributed by atoms with Crippen molar-refractivity contribution in [1.82, 2.24) is 0 Å². The van der Waals surface area contributed by atoms with Gasteiger partial charge in [-0.05, 0) is 29.5 Å². The summed E-state index contributed by atoms with van der Waals surface area (Å²) in [6.07, 6.45) is 0.997. The number of amides is 1. The van der Waals surface area contributed by atoms with Crippen molar-refractivity contribution in [2.24, 2.45) is 5.73 Å². The number of carbonyl (C=O) groups excluding carboxylic acids is 1. The molecule has 0 spiro atoms. The predicted molar refractivity (Wildman–Crippen MR) is 64.6 cm³/mol. The number of nitrogens with two attached hydrogens (primary N) is 1. The van der Waals surface area contributed by atoms with Crippen LogP contribution in [0.2, 0.25) is 0 Å². The molecule has 1 aromatic carbocycles. The van der Waals surface area contributed by atoms with E-state index in [2.05, 4.69) is 26.0 Å². The van der Waals surface area contributed by atoms with Crippen LogP contribution in [0.1, 0.15) is 37.3 Å². The first-order valence-corrected chi connectivity index (χ1v) is 5.49. The molecule has 0 aliphatic heterocycles. The number of ether oxygens (including phenoxy) is 1. The molecule has 1 amide bonds. The number of carbonyl (C=O) groups is 1. The van der Waals surface area contributed by atoms with Crippen LogP contribution in [0.4, 0.5) is 0 Å². The molecule has 0 aliphatic carbocycles. The summed E-state index contributed by atoms with van der Waals surface area (Å²) in [6, 6.07) is 6.09. The molecule has 0 radical (unpaired) electrons. The lowest BCUT2D eigenvalue weighted by Gasteiger charge is -2.12. The Kier molecular flexibility index (Phi) is 4.35. The monoisotopic (exact) mass is 221 g/mol. The Hall–Kier alpha value is -1.51. The van der Waals surface area contributed by atoms with E-state index < -0.39 is 0 Å². The third kappa shape index (κ3) is 3.26. The number of primary amides is 1. The average Bonchev–Trinajstić information content (AvgIpc) is 2.25. The van der Waals surface area contributed by atoms with Crippen LogP contribution in [0.15, 0.2) is 18.2 Å². The molecule has 0 fully saturated rings. The predicted octanol–water partition coefficient (Wildman–Crippen LogP) is 2.24. The summed E-state index contributed by atoms with van der Waals surface area (Å²) in [5.41, 5.74) is 7.45. The van der Waals surface area contributed by atoms with Crippen molar-refractivity contribution in [2.75, 3.05) is 7.11 Å². The Labute approximate surface area is 96.6 Å². The van der Waals surface area contributed by atoms with Gasteiger partial charge in [-0.25, -0.2) is 0 Å². The Balaban J connectivity index is 2.92. The van der Waals surface area contributed by atoms with E-state index >= 15 is 0 Å². The zero-order valence-corrected chi connectivity index (χ0v) is 10.1. The molecule has 3 nitrogen and oxygen atoms in total. The molecular weight excluding hydrogens is 202 g/mol. The van der Waals surface area contributed by atoms with Crippen molar-refractivity contribution >= 4 is 5.91 Å². The minimum atomic E-state index is -0.281. The summed E-state index contributed by atoms with van der Waals surface area (Å²) in [4.78, 5) is 10.8. The number of hydrogen-bond acceptors (Lipinski definition) is 2. The third-order valence-electron chi connectivity index (χ3n) is 2.61. The van der Waals surface area contributed by atoms with Gasteiger partial charge in [-0.15, -0.1) is 0 Å². The minimum absolute atomic E-state index is 0.281. The number of aryl methyl sites for hydroxylation is 1. The van der Waals surface area contributed by atoms with Crippen LogP contribution in [0.25, 0.3) is 0 Å². The molecule has 2 N–H and O–H groups in total. The van der Waals surface area contributed by atoms with Crippen LogP contribution in [0, 0.1) is 0 Å². The Morgan fingerprint density at radius 1 is 1.44 bits per heavy atom. The first kappa shape index (κ1) is 12.6. The summed E-state index contributed by atoms with van der Waals surface area (Å²) in [7, 11) is 1.64. The standard InChI is InChI=1S/C13H19NO2/c1-9(2)10-4-6-12(16-3)11(8-10)5-7-13(14)15/h4,6,8-9H,5,7H2,1-3H3,(H2,14,15). The van der Waals surface area contributed by atoms with Crippen molar-refractivity contribution in [3.63, 3.8) is 0 Å². The summed E-state index contributed by atoms with van der Waals surface area (Å²) in [5, 5.41) is 0. The van der Waals surface area contributed by atoms with Crippen LogP contribution in [0.5, 0.6) is 5.75 Å². The highest BCUT2D eigenvalue weighted by molar-refractivity contribution is 5.74. The fourth-order valence-corrected chi connectivity index (χ4v) is 1.61. The maximum Gasteiger partial charge on any atom is 0.217 e. The van der Waals surface area contributed by atoms with Gasteiger partial charge in [0.2, 0.25) is 5.91 Å². The SMILES string of the molecule is COc1ccc(C(C)C)cc1CCC(N)=O. The molecule has 0 atom stereocenters. The second-order valence-corrected chi connectivity index (χ2v) is 4.19. The third-order valence-corrected chi connectivity index (χ3v) is 2.61. The molecule has 0 aromatic heterocycles. The summed E-state index contributed by atoms with van der Waals surface area (Å²) < 4.78 is 5.26. The molecule has 3 heteroatoms. The molecule has 0 heterocycles. The van der Waals surface area contributed by atoms with Gasteiger partial charge in [0.15, 0.2) is 0 Å². The molecule has 0 aliphatic rings. The first-order chi connectivity index (χ1) is 7.54. The topological polar surface area (TPSA) is 52.3 Å². The fourth-order valence-electron chi connectivity index (χ4n) is 1.61. The van der Waals surface area contributed by atoms with Crippen molar-refractivity contribution in [2.45, 2.75) is 32.6 Å². The van der Waals surface area contributed by atoms with Crippen molar-refractivity contribution < 1.29 is 9.53 Å². The normalized spacial score (nSPS) is 10.5. The molecule has 1 rings (SSSR count). The van der Waals surface area contributed by atoms with E-state index in [4.69, 9.17) is 10.5 Å². The van der Waals surface area contributed by atoms with Crippen LogP contribution < -0.4 is 10.5 Å². The lowest BCUT2D eigenvalue weighted by atomic mass is 9.98. The van der Waals surface area contributed by atoms with E-state index in [9.17, 15) is 4.79 Å². The fraction of sp³-hybridized carbons (Fsp3) is 0.462. The summed E-state index contributed by atoms with van der Waals surface area (Å²) in [5.74, 6) is 1.01. The van der Waals surface area contributed by atoms with E-state index in [1.165, 1.54) is 5.56 Å². The second kappa shape index (κ2) is 5.54. The lowest BCUT2D eigenvalue weighted by Crippen LogP contribution is -2.11. The zero-order chi connectivity index (χ0) is 12.1. The van der Waals surface area contributed by atoms with Crippen LogP contribution >= 0.6 is 0 Å². The van der Waals surface area contributed by atoms with E-state index in [0.29, 0.717) is 18.8 Å². The van der Waals surface area contributed by atoms with Crippen LogP contribution in [-0.2, 0) is 11.2 Å². The number of methoxy groups -OCH3 is 1. The van der Waals surface area contributed by atoms with E-state index in [0.717, 1.165) is 11.3 Å². The zero-order valence-electron chi connectivity index (χ0n) is 10.1. The minimum Gasteiger partial charge on any atom is -0.496 e. The number of rotatable bonds is 5. The van der Waals surface area contributed by atoms with E-state index in [1.54, 1.807) is 7.11 Å². The molecular formula is C13H19NO2. The number of benzene rings is 1. The summed E-state index contributed by atoms with van der Waals surface area (Å²) in [6.45, 7) is 4.28. The molecule has 0 saturated carbocycles. The molecule has 88 valence electrons. The smallest absolute Gasteiger partial charge is 0.217 e. The second-order valence-electron chi connectivity index (χ2n) is 4.19. The van der Waals surface area contributed by atoms with Crippen LogP contribution in [0.3, 0.4) is 0 Å². The molecule has 16 heavy (non-hydrogen) atoms. The van der Waals surface area contributed by atoms with E-state index in [-0.39, 0.29) is 5.91 Å². The van der Waals surface area contributed by atoms with Crippen molar-refractivity contribution in [3.05, 3.63) is 29.3 Å². The highest BCUT2D eigenvalue weighted by atomic mass is 16.5. The van der Waals surface area contributed by atoms with Gasteiger partial charge in [0.1, 0.15) is 5.75 Å². The van der Waals surface area contributed by atoms with Gasteiger partial charge in [-0.3, -0.25) is 4.79 Å². The van der Waals surface area contributed by atoms with Gasteiger partial charge < -0.3 is 10.5 Å². The molecule has 0 saturated heterocycles. The maximum atomic E-state index is 10.8. The molecule has 1 aromatic rings. The van der Waals surface area contributed by atoms with Crippen molar-refractivity contribution in [1.29, 1.82) is 0 Å². The Morgan fingerprint density at radius 3 is 2.62 bits per heavy atom. The van der Waals surface area contributed by atoms with Gasteiger partial charge >= 0.3 is 0 Å². The highest BCUT2D eigenvalue weighted by Gasteiger charge is 2.07.